The second-order valence-electron chi connectivity index (χ2n) is 6.50. The lowest BCUT2D eigenvalue weighted by atomic mass is 9.91. The summed E-state index contributed by atoms with van der Waals surface area (Å²) in [5, 5.41) is 0. The molecule has 2 heteroatoms. The predicted octanol–water partition coefficient (Wildman–Crippen LogP) is 8.14. The van der Waals surface area contributed by atoms with E-state index < -0.39 is 0 Å². The lowest BCUT2D eigenvalue weighted by Crippen LogP contribution is -1.95. The lowest BCUT2D eigenvalue weighted by molar-refractivity contribution is 1.20. The third-order valence-electron chi connectivity index (χ3n) is 4.73. The fraction of sp³-hybridized carbons (Fsp3) is 0.0400. The molecule has 27 heavy (non-hydrogen) atoms. The Hall–Kier alpha value is -2.16. The molecular weight excluding hydrogens is 460 g/mol. The normalized spacial score (nSPS) is 10.7. The van der Waals surface area contributed by atoms with Gasteiger partial charge in [0.25, 0.3) is 0 Å². The molecule has 0 spiro atoms. The van der Waals surface area contributed by atoms with Gasteiger partial charge in [0.1, 0.15) is 0 Å². The Morgan fingerprint density at radius 1 is 0.444 bits per heavy atom. The summed E-state index contributed by atoms with van der Waals surface area (Å²) in [7, 11) is 0. The van der Waals surface area contributed by atoms with Crippen LogP contribution in [0.4, 0.5) is 0 Å². The highest BCUT2D eigenvalue weighted by atomic mass is 79.9. The molecule has 0 fully saturated rings. The third-order valence-corrected chi connectivity index (χ3v) is 5.78. The van der Waals surface area contributed by atoms with Gasteiger partial charge < -0.3 is 0 Å². The zero-order valence-corrected chi connectivity index (χ0v) is 17.9. The predicted molar refractivity (Wildman–Crippen MR) is 122 cm³/mol. The molecule has 0 unspecified atom stereocenters. The number of rotatable bonds is 4. The van der Waals surface area contributed by atoms with Crippen molar-refractivity contribution in [2.75, 3.05) is 0 Å². The molecule has 4 aromatic carbocycles. The van der Waals surface area contributed by atoms with Crippen molar-refractivity contribution < 1.29 is 0 Å². The van der Waals surface area contributed by atoms with Gasteiger partial charge in [0.2, 0.25) is 0 Å². The average molecular weight is 478 g/mol. The summed E-state index contributed by atoms with van der Waals surface area (Å²) in [6.45, 7) is 0. The van der Waals surface area contributed by atoms with Crippen molar-refractivity contribution in [2.24, 2.45) is 0 Å². The van der Waals surface area contributed by atoms with E-state index in [1.165, 1.54) is 33.4 Å². The largest absolute Gasteiger partial charge is 0.0619 e. The van der Waals surface area contributed by atoms with E-state index in [1.807, 2.05) is 0 Å². The maximum absolute atomic E-state index is 3.53. The summed E-state index contributed by atoms with van der Waals surface area (Å²) in [6.07, 6.45) is 0.901. The summed E-state index contributed by atoms with van der Waals surface area (Å²) >= 11 is 7.05. The van der Waals surface area contributed by atoms with Crippen molar-refractivity contribution in [1.82, 2.24) is 0 Å². The van der Waals surface area contributed by atoms with Gasteiger partial charge in [-0.25, -0.2) is 0 Å². The third kappa shape index (κ3) is 4.23. The van der Waals surface area contributed by atoms with E-state index in [2.05, 4.69) is 129 Å². The highest BCUT2D eigenvalue weighted by Gasteiger charge is 2.09. The van der Waals surface area contributed by atoms with E-state index in [0.717, 1.165) is 15.4 Å². The van der Waals surface area contributed by atoms with Gasteiger partial charge in [0.15, 0.2) is 0 Å². The zero-order chi connectivity index (χ0) is 18.6. The number of hydrogen-bond acceptors (Lipinski definition) is 0. The van der Waals surface area contributed by atoms with Crippen LogP contribution in [-0.2, 0) is 6.42 Å². The van der Waals surface area contributed by atoms with Crippen molar-refractivity contribution >= 4 is 31.9 Å². The Balaban J connectivity index is 1.74. The maximum Gasteiger partial charge on any atom is 0.0175 e. The summed E-state index contributed by atoms with van der Waals surface area (Å²) in [6, 6.07) is 34.4. The average Bonchev–Trinajstić information content (AvgIpc) is 2.70. The van der Waals surface area contributed by atoms with E-state index in [4.69, 9.17) is 0 Å². The molecule has 0 aromatic heterocycles. The van der Waals surface area contributed by atoms with Gasteiger partial charge in [0.05, 0.1) is 0 Å². The summed E-state index contributed by atoms with van der Waals surface area (Å²) in [4.78, 5) is 0. The second-order valence-corrected chi connectivity index (χ2v) is 8.34. The van der Waals surface area contributed by atoms with E-state index in [9.17, 15) is 0 Å². The van der Waals surface area contributed by atoms with Crippen LogP contribution in [0.1, 0.15) is 11.1 Å². The zero-order valence-electron chi connectivity index (χ0n) is 14.7. The molecule has 0 aliphatic carbocycles. The van der Waals surface area contributed by atoms with Crippen LogP contribution in [0.5, 0.6) is 0 Å². The van der Waals surface area contributed by atoms with Gasteiger partial charge in [-0.3, -0.25) is 0 Å². The molecule has 0 amide bonds. The minimum Gasteiger partial charge on any atom is -0.0619 e. The fourth-order valence-electron chi connectivity index (χ4n) is 3.38. The van der Waals surface area contributed by atoms with Crippen molar-refractivity contribution in [3.05, 3.63) is 117 Å². The van der Waals surface area contributed by atoms with Crippen LogP contribution in [0.15, 0.2) is 106 Å². The fourth-order valence-corrected chi connectivity index (χ4v) is 3.90. The molecule has 0 nitrogen and oxygen atoms in total. The molecule has 4 rings (SSSR count). The summed E-state index contributed by atoms with van der Waals surface area (Å²) in [5.74, 6) is 0. The van der Waals surface area contributed by atoms with Crippen LogP contribution in [0.3, 0.4) is 0 Å². The molecule has 0 saturated carbocycles. The summed E-state index contributed by atoms with van der Waals surface area (Å²) < 4.78 is 2.20. The van der Waals surface area contributed by atoms with E-state index in [1.54, 1.807) is 0 Å². The molecule has 0 aliphatic rings. The van der Waals surface area contributed by atoms with E-state index in [-0.39, 0.29) is 0 Å². The van der Waals surface area contributed by atoms with E-state index >= 15 is 0 Å². The minimum absolute atomic E-state index is 0.901. The minimum atomic E-state index is 0.901. The number of benzene rings is 4. The molecular formula is C25H18Br2. The first kappa shape index (κ1) is 18.2. The standard InChI is InChI=1S/C25H18Br2/c26-22-13-9-18(10-14-22)24-7-3-1-5-20(24)17-21-6-2-4-8-25(21)19-11-15-23(27)16-12-19/h1-16H,17H2. The molecule has 0 atom stereocenters. The maximum atomic E-state index is 3.53. The Labute approximate surface area is 177 Å². The van der Waals surface area contributed by atoms with Crippen LogP contribution in [0.2, 0.25) is 0 Å². The van der Waals surface area contributed by atoms with Gasteiger partial charge >= 0.3 is 0 Å². The van der Waals surface area contributed by atoms with Gasteiger partial charge in [-0.1, -0.05) is 105 Å². The first-order valence-electron chi connectivity index (χ1n) is 8.88. The molecule has 0 N–H and O–H groups in total. The second kappa shape index (κ2) is 8.24. The topological polar surface area (TPSA) is 0 Å². The van der Waals surface area contributed by atoms with Crippen molar-refractivity contribution in [2.45, 2.75) is 6.42 Å². The Morgan fingerprint density at radius 3 is 1.22 bits per heavy atom. The highest BCUT2D eigenvalue weighted by Crippen LogP contribution is 2.31. The number of halogens is 2. The van der Waals surface area contributed by atoms with Crippen LogP contribution in [0, 0.1) is 0 Å². The monoisotopic (exact) mass is 476 g/mol. The van der Waals surface area contributed by atoms with E-state index in [0.29, 0.717) is 0 Å². The van der Waals surface area contributed by atoms with Gasteiger partial charge in [-0.2, -0.15) is 0 Å². The molecule has 0 bridgehead atoms. The van der Waals surface area contributed by atoms with Crippen LogP contribution in [-0.4, -0.2) is 0 Å². The first-order chi connectivity index (χ1) is 13.2. The Kier molecular flexibility index (Phi) is 5.56. The molecule has 132 valence electrons. The lowest BCUT2D eigenvalue weighted by Gasteiger charge is -2.14. The highest BCUT2D eigenvalue weighted by molar-refractivity contribution is 9.10. The van der Waals surface area contributed by atoms with Crippen molar-refractivity contribution in [3.63, 3.8) is 0 Å². The van der Waals surface area contributed by atoms with Gasteiger partial charge in [-0.05, 0) is 64.1 Å². The van der Waals surface area contributed by atoms with Gasteiger partial charge in [-0.15, -0.1) is 0 Å². The quantitative estimate of drug-likeness (QED) is 0.278. The van der Waals surface area contributed by atoms with Crippen molar-refractivity contribution in [3.8, 4) is 22.3 Å². The van der Waals surface area contributed by atoms with Gasteiger partial charge in [0, 0.05) is 8.95 Å². The van der Waals surface area contributed by atoms with Crippen LogP contribution in [0.25, 0.3) is 22.3 Å². The first-order valence-corrected chi connectivity index (χ1v) is 10.5. The molecule has 0 saturated heterocycles. The van der Waals surface area contributed by atoms with Crippen molar-refractivity contribution in [1.29, 1.82) is 0 Å². The Bertz CT molecular complexity index is 961. The SMILES string of the molecule is Brc1ccc(-c2ccccc2Cc2ccccc2-c2ccc(Br)cc2)cc1. The Morgan fingerprint density at radius 2 is 0.815 bits per heavy atom. The molecule has 0 heterocycles. The smallest absolute Gasteiger partial charge is 0.0175 e. The number of hydrogen-bond donors (Lipinski definition) is 0. The molecule has 4 aromatic rings. The summed E-state index contributed by atoms with van der Waals surface area (Å²) in [5.41, 5.74) is 7.74. The van der Waals surface area contributed by atoms with Crippen LogP contribution < -0.4 is 0 Å². The molecule has 0 aliphatic heterocycles. The van der Waals surface area contributed by atoms with Crippen LogP contribution >= 0.6 is 31.9 Å². The molecule has 0 radical (unpaired) electrons.